The topological polar surface area (TPSA) is 64.1 Å². The zero-order valence-corrected chi connectivity index (χ0v) is 8.28. The summed E-state index contributed by atoms with van der Waals surface area (Å²) in [4.78, 5) is 18.8. The van der Waals surface area contributed by atoms with Crippen molar-refractivity contribution in [3.05, 3.63) is 18.0 Å². The number of aryl methyl sites for hydroxylation is 1. The molecule has 1 aromatic rings. The molecule has 0 aliphatic heterocycles. The zero-order valence-electron chi connectivity index (χ0n) is 8.28. The first-order valence-corrected chi connectivity index (χ1v) is 4.31. The van der Waals surface area contributed by atoms with Gasteiger partial charge in [-0.2, -0.15) is 0 Å². The van der Waals surface area contributed by atoms with Crippen LogP contribution < -0.4 is 5.32 Å². The minimum Gasteiger partial charge on any atom is -0.469 e. The van der Waals surface area contributed by atoms with E-state index in [9.17, 15) is 4.79 Å². The minimum absolute atomic E-state index is 0.246. The molecule has 1 heterocycles. The van der Waals surface area contributed by atoms with Gasteiger partial charge < -0.3 is 10.1 Å². The number of aromatic nitrogens is 2. The number of anilines is 1. The normalized spacial score (nSPS) is 9.57. The van der Waals surface area contributed by atoms with E-state index in [1.807, 2.05) is 6.92 Å². The summed E-state index contributed by atoms with van der Waals surface area (Å²) in [5.74, 6) is 0.282. The maximum Gasteiger partial charge on any atom is 0.307 e. The Morgan fingerprint density at radius 3 is 2.71 bits per heavy atom. The second-order valence-electron chi connectivity index (χ2n) is 2.84. The summed E-state index contributed by atoms with van der Waals surface area (Å²) in [5, 5.41) is 2.91. The molecule has 0 radical (unpaired) electrons. The summed E-state index contributed by atoms with van der Waals surface area (Å²) in [6, 6.07) is 0. The smallest absolute Gasteiger partial charge is 0.307 e. The first-order valence-electron chi connectivity index (χ1n) is 4.31. The molecule has 1 rings (SSSR count). The second-order valence-corrected chi connectivity index (χ2v) is 2.84. The van der Waals surface area contributed by atoms with Crippen molar-refractivity contribution in [2.75, 3.05) is 19.0 Å². The van der Waals surface area contributed by atoms with Crippen LogP contribution in [0.1, 0.15) is 12.0 Å². The predicted octanol–water partition coefficient (Wildman–Crippen LogP) is 0.760. The molecular weight excluding hydrogens is 182 g/mol. The summed E-state index contributed by atoms with van der Waals surface area (Å²) in [7, 11) is 1.37. The summed E-state index contributed by atoms with van der Waals surface area (Å²) in [5.41, 5.74) is 1.00. The number of carbonyl (C=O) groups excluding carboxylic acids is 1. The molecule has 14 heavy (non-hydrogen) atoms. The van der Waals surface area contributed by atoms with Crippen molar-refractivity contribution in [3.8, 4) is 0 Å². The van der Waals surface area contributed by atoms with E-state index in [0.717, 1.165) is 5.56 Å². The molecule has 0 unspecified atom stereocenters. The van der Waals surface area contributed by atoms with Crippen LogP contribution in [0.2, 0.25) is 0 Å². The summed E-state index contributed by atoms with van der Waals surface area (Å²) in [6.45, 7) is 2.40. The predicted molar refractivity (Wildman–Crippen MR) is 51.9 cm³/mol. The van der Waals surface area contributed by atoms with Crippen LogP contribution in [-0.4, -0.2) is 29.6 Å². The molecular formula is C9H13N3O2. The molecule has 0 saturated heterocycles. The SMILES string of the molecule is COC(=O)CCNc1ncc(C)cn1. The van der Waals surface area contributed by atoms with Gasteiger partial charge in [0.15, 0.2) is 0 Å². The number of nitrogens with zero attached hydrogens (tertiary/aromatic N) is 2. The molecule has 0 aliphatic rings. The summed E-state index contributed by atoms with van der Waals surface area (Å²) in [6.07, 6.45) is 3.74. The minimum atomic E-state index is -0.246. The fourth-order valence-corrected chi connectivity index (χ4v) is 0.862. The van der Waals surface area contributed by atoms with E-state index < -0.39 is 0 Å². The number of hydrogen-bond donors (Lipinski definition) is 1. The van der Waals surface area contributed by atoms with Gasteiger partial charge in [0.1, 0.15) is 0 Å². The molecule has 1 aromatic heterocycles. The Hall–Kier alpha value is -1.65. The summed E-state index contributed by atoms with van der Waals surface area (Å²) >= 11 is 0. The maximum atomic E-state index is 10.8. The molecule has 1 N–H and O–H groups in total. The molecule has 76 valence electrons. The first kappa shape index (κ1) is 10.4. The van der Waals surface area contributed by atoms with Crippen LogP contribution in [0.3, 0.4) is 0 Å². The van der Waals surface area contributed by atoms with Gasteiger partial charge >= 0.3 is 5.97 Å². The quantitative estimate of drug-likeness (QED) is 0.718. The van der Waals surface area contributed by atoms with Crippen molar-refractivity contribution in [1.82, 2.24) is 9.97 Å². The number of ether oxygens (including phenoxy) is 1. The Kier molecular flexibility index (Phi) is 3.84. The Labute approximate surface area is 82.5 Å². The van der Waals surface area contributed by atoms with Crippen molar-refractivity contribution < 1.29 is 9.53 Å². The largest absolute Gasteiger partial charge is 0.469 e. The third-order valence-electron chi connectivity index (χ3n) is 1.62. The van der Waals surface area contributed by atoms with Crippen molar-refractivity contribution >= 4 is 11.9 Å². The molecule has 0 aromatic carbocycles. The number of hydrogen-bond acceptors (Lipinski definition) is 5. The average molecular weight is 195 g/mol. The van der Waals surface area contributed by atoms with Crippen LogP contribution in [0.5, 0.6) is 0 Å². The second kappa shape index (κ2) is 5.16. The van der Waals surface area contributed by atoms with E-state index in [1.54, 1.807) is 12.4 Å². The van der Waals surface area contributed by atoms with E-state index in [0.29, 0.717) is 18.9 Å². The van der Waals surface area contributed by atoms with Crippen LogP contribution >= 0.6 is 0 Å². The fourth-order valence-electron chi connectivity index (χ4n) is 0.862. The standard InChI is InChI=1S/C9H13N3O2/c1-7-5-11-9(12-6-7)10-4-3-8(13)14-2/h5-6H,3-4H2,1-2H3,(H,10,11,12). The van der Waals surface area contributed by atoms with E-state index >= 15 is 0 Å². The lowest BCUT2D eigenvalue weighted by atomic mass is 10.4. The molecule has 5 nitrogen and oxygen atoms in total. The number of methoxy groups -OCH3 is 1. The van der Waals surface area contributed by atoms with Gasteiger partial charge in [-0.3, -0.25) is 4.79 Å². The van der Waals surface area contributed by atoms with Crippen LogP contribution in [0, 0.1) is 6.92 Å². The third kappa shape index (κ3) is 3.38. The molecule has 0 atom stereocenters. The number of rotatable bonds is 4. The Bertz CT molecular complexity index is 297. The molecule has 5 heteroatoms. The van der Waals surface area contributed by atoms with Crippen molar-refractivity contribution in [3.63, 3.8) is 0 Å². The van der Waals surface area contributed by atoms with Gasteiger partial charge in [-0.05, 0) is 12.5 Å². The maximum absolute atomic E-state index is 10.8. The molecule has 0 saturated carbocycles. The monoisotopic (exact) mass is 195 g/mol. The van der Waals surface area contributed by atoms with Gasteiger partial charge in [0.25, 0.3) is 0 Å². The Balaban J connectivity index is 2.31. The number of carbonyl (C=O) groups is 1. The lowest BCUT2D eigenvalue weighted by molar-refractivity contribution is -0.140. The molecule has 0 bridgehead atoms. The molecule has 0 aliphatic carbocycles. The van der Waals surface area contributed by atoms with Gasteiger partial charge in [0, 0.05) is 18.9 Å². The van der Waals surface area contributed by atoms with Crippen molar-refractivity contribution in [2.24, 2.45) is 0 Å². The molecule has 0 amide bonds. The van der Waals surface area contributed by atoms with Crippen LogP contribution in [-0.2, 0) is 9.53 Å². The van der Waals surface area contributed by atoms with E-state index in [-0.39, 0.29) is 5.97 Å². The average Bonchev–Trinajstić information content (AvgIpc) is 2.21. The molecule has 0 spiro atoms. The fraction of sp³-hybridized carbons (Fsp3) is 0.444. The lowest BCUT2D eigenvalue weighted by Crippen LogP contribution is -2.11. The van der Waals surface area contributed by atoms with Gasteiger partial charge in [0.05, 0.1) is 13.5 Å². The van der Waals surface area contributed by atoms with Crippen molar-refractivity contribution in [2.45, 2.75) is 13.3 Å². The Morgan fingerprint density at radius 2 is 2.14 bits per heavy atom. The van der Waals surface area contributed by atoms with E-state index in [4.69, 9.17) is 0 Å². The highest BCUT2D eigenvalue weighted by molar-refractivity contribution is 5.69. The first-order chi connectivity index (χ1) is 6.72. The molecule has 0 fully saturated rings. The van der Waals surface area contributed by atoms with Crippen LogP contribution in [0.15, 0.2) is 12.4 Å². The highest BCUT2D eigenvalue weighted by atomic mass is 16.5. The third-order valence-corrected chi connectivity index (χ3v) is 1.62. The van der Waals surface area contributed by atoms with Gasteiger partial charge in [0.2, 0.25) is 5.95 Å². The highest BCUT2D eigenvalue weighted by Gasteiger charge is 1.99. The lowest BCUT2D eigenvalue weighted by Gasteiger charge is -2.02. The summed E-state index contributed by atoms with van der Waals surface area (Å²) < 4.78 is 4.49. The highest BCUT2D eigenvalue weighted by Crippen LogP contribution is 1.98. The number of nitrogens with one attached hydrogen (secondary N) is 1. The van der Waals surface area contributed by atoms with Crippen LogP contribution in [0.25, 0.3) is 0 Å². The zero-order chi connectivity index (χ0) is 10.4. The van der Waals surface area contributed by atoms with Gasteiger partial charge in [-0.1, -0.05) is 0 Å². The Morgan fingerprint density at radius 1 is 1.50 bits per heavy atom. The van der Waals surface area contributed by atoms with Crippen LogP contribution in [0.4, 0.5) is 5.95 Å². The van der Waals surface area contributed by atoms with Gasteiger partial charge in [-0.15, -0.1) is 0 Å². The number of esters is 1. The van der Waals surface area contributed by atoms with Gasteiger partial charge in [-0.25, -0.2) is 9.97 Å². The van der Waals surface area contributed by atoms with E-state index in [2.05, 4.69) is 20.0 Å². The van der Waals surface area contributed by atoms with E-state index in [1.165, 1.54) is 7.11 Å². The van der Waals surface area contributed by atoms with Crippen molar-refractivity contribution in [1.29, 1.82) is 0 Å².